The fourth-order valence-electron chi connectivity index (χ4n) is 1.72. The number of para-hydroxylation sites is 1. The van der Waals surface area contributed by atoms with E-state index in [2.05, 4.69) is 5.32 Å². The van der Waals surface area contributed by atoms with E-state index >= 15 is 0 Å². The first kappa shape index (κ1) is 14.4. The van der Waals surface area contributed by atoms with Crippen molar-refractivity contribution >= 4 is 17.3 Å². The Balaban J connectivity index is 3.18. The molecule has 1 aromatic rings. The number of nitro benzene ring substituents is 1. The zero-order valence-corrected chi connectivity index (χ0v) is 10.5. The molecular weight excluding hydrogens is 250 g/mol. The van der Waals surface area contributed by atoms with Crippen LogP contribution < -0.4 is 5.32 Å². The molecule has 0 fully saturated rings. The summed E-state index contributed by atoms with van der Waals surface area (Å²) in [5.41, 5.74) is -1.15. The zero-order chi connectivity index (χ0) is 14.6. The van der Waals surface area contributed by atoms with Crippen LogP contribution in [0.25, 0.3) is 0 Å². The first-order chi connectivity index (χ1) is 8.76. The number of nitrogens with zero attached hydrogens (tertiary/aromatic N) is 2. The lowest BCUT2D eigenvalue weighted by molar-refractivity contribution is -0.384. The Bertz CT molecular complexity index is 561. The summed E-state index contributed by atoms with van der Waals surface area (Å²) < 4.78 is 0. The molecule has 7 heteroatoms. The van der Waals surface area contributed by atoms with E-state index in [0.717, 1.165) is 0 Å². The minimum absolute atomic E-state index is 0.0684. The molecule has 0 bridgehead atoms. The molecule has 0 atom stereocenters. The molecule has 19 heavy (non-hydrogen) atoms. The van der Waals surface area contributed by atoms with Crippen molar-refractivity contribution in [3.05, 3.63) is 33.9 Å². The zero-order valence-electron chi connectivity index (χ0n) is 10.5. The molecule has 0 aromatic heterocycles. The standard InChI is InChI=1S/C12H13N3O4/c1-12(2,6-10(16)17)14-9-5-3-4-8(7-13)11(9)15(18)19/h3-5,14H,6H2,1-2H3,(H,16,17). The number of aliphatic carboxylic acids is 1. The average Bonchev–Trinajstić information content (AvgIpc) is 2.25. The number of nitro groups is 1. The van der Waals surface area contributed by atoms with Crippen molar-refractivity contribution in [3.63, 3.8) is 0 Å². The van der Waals surface area contributed by atoms with Gasteiger partial charge in [0.25, 0.3) is 0 Å². The van der Waals surface area contributed by atoms with Crippen LogP contribution in [-0.2, 0) is 4.79 Å². The van der Waals surface area contributed by atoms with E-state index in [1.165, 1.54) is 18.2 Å². The average molecular weight is 263 g/mol. The van der Waals surface area contributed by atoms with Crippen LogP contribution in [0.1, 0.15) is 25.8 Å². The number of anilines is 1. The van der Waals surface area contributed by atoms with Gasteiger partial charge >= 0.3 is 11.7 Å². The Morgan fingerprint density at radius 2 is 2.21 bits per heavy atom. The smallest absolute Gasteiger partial charge is 0.309 e. The molecule has 0 amide bonds. The molecule has 0 heterocycles. The molecule has 0 saturated carbocycles. The molecule has 0 aliphatic rings. The highest BCUT2D eigenvalue weighted by molar-refractivity contribution is 5.72. The molecule has 0 aliphatic carbocycles. The second-order valence-electron chi connectivity index (χ2n) is 4.65. The molecule has 0 radical (unpaired) electrons. The number of nitrogens with one attached hydrogen (secondary N) is 1. The molecule has 1 rings (SSSR count). The van der Waals surface area contributed by atoms with E-state index in [4.69, 9.17) is 10.4 Å². The minimum Gasteiger partial charge on any atom is -0.481 e. The predicted octanol–water partition coefficient (Wildman–Crippen LogP) is 2.13. The van der Waals surface area contributed by atoms with Crippen LogP contribution in [0.2, 0.25) is 0 Å². The fraction of sp³-hybridized carbons (Fsp3) is 0.333. The third kappa shape index (κ3) is 3.67. The van der Waals surface area contributed by atoms with E-state index in [-0.39, 0.29) is 23.4 Å². The van der Waals surface area contributed by atoms with Gasteiger partial charge in [-0.25, -0.2) is 0 Å². The normalized spacial score (nSPS) is 10.6. The van der Waals surface area contributed by atoms with Gasteiger partial charge in [-0.3, -0.25) is 14.9 Å². The Morgan fingerprint density at radius 3 is 2.68 bits per heavy atom. The van der Waals surface area contributed by atoms with Crippen LogP contribution in [0.5, 0.6) is 0 Å². The summed E-state index contributed by atoms with van der Waals surface area (Å²) in [4.78, 5) is 21.1. The number of carboxylic acid groups (broad SMARTS) is 1. The van der Waals surface area contributed by atoms with Crippen molar-refractivity contribution < 1.29 is 14.8 Å². The fourth-order valence-corrected chi connectivity index (χ4v) is 1.72. The van der Waals surface area contributed by atoms with Gasteiger partial charge in [-0.2, -0.15) is 5.26 Å². The van der Waals surface area contributed by atoms with Crippen LogP contribution in [-0.4, -0.2) is 21.5 Å². The number of carboxylic acids is 1. The van der Waals surface area contributed by atoms with Crippen molar-refractivity contribution in [2.45, 2.75) is 25.8 Å². The summed E-state index contributed by atoms with van der Waals surface area (Å²) in [6, 6.07) is 6.04. The molecular formula is C12H13N3O4. The summed E-state index contributed by atoms with van der Waals surface area (Å²) >= 11 is 0. The van der Waals surface area contributed by atoms with Gasteiger partial charge in [0.15, 0.2) is 0 Å². The van der Waals surface area contributed by atoms with Crippen LogP contribution in [0.15, 0.2) is 18.2 Å². The monoisotopic (exact) mass is 263 g/mol. The Labute approximate surface area is 109 Å². The molecule has 100 valence electrons. The van der Waals surface area contributed by atoms with Gasteiger partial charge in [-0.15, -0.1) is 0 Å². The molecule has 0 spiro atoms. The van der Waals surface area contributed by atoms with Crippen LogP contribution in [0, 0.1) is 21.4 Å². The topological polar surface area (TPSA) is 116 Å². The Morgan fingerprint density at radius 1 is 1.58 bits per heavy atom. The summed E-state index contributed by atoms with van der Waals surface area (Å²) in [6.07, 6.45) is -0.207. The highest BCUT2D eigenvalue weighted by Crippen LogP contribution is 2.31. The second-order valence-corrected chi connectivity index (χ2v) is 4.65. The maximum Gasteiger partial charge on any atom is 0.309 e. The lowest BCUT2D eigenvalue weighted by Crippen LogP contribution is -2.33. The van der Waals surface area contributed by atoms with Gasteiger partial charge in [0.05, 0.1) is 11.3 Å². The summed E-state index contributed by atoms with van der Waals surface area (Å²) in [5.74, 6) is -1.02. The van der Waals surface area contributed by atoms with Gasteiger partial charge in [0, 0.05) is 5.54 Å². The SMILES string of the molecule is CC(C)(CC(=O)O)Nc1cccc(C#N)c1[N+](=O)[O-]. The van der Waals surface area contributed by atoms with E-state index in [9.17, 15) is 14.9 Å². The predicted molar refractivity (Wildman–Crippen MR) is 67.8 cm³/mol. The highest BCUT2D eigenvalue weighted by atomic mass is 16.6. The van der Waals surface area contributed by atoms with E-state index in [1.807, 2.05) is 0 Å². The maximum atomic E-state index is 11.0. The lowest BCUT2D eigenvalue weighted by atomic mass is 9.99. The second kappa shape index (κ2) is 5.35. The number of hydrogen-bond donors (Lipinski definition) is 2. The number of benzene rings is 1. The molecule has 7 nitrogen and oxygen atoms in total. The van der Waals surface area contributed by atoms with Gasteiger partial charge in [-0.1, -0.05) is 6.07 Å². The van der Waals surface area contributed by atoms with Crippen molar-refractivity contribution in [2.24, 2.45) is 0 Å². The van der Waals surface area contributed by atoms with E-state index in [1.54, 1.807) is 19.9 Å². The first-order valence-corrected chi connectivity index (χ1v) is 5.44. The van der Waals surface area contributed by atoms with Crippen LogP contribution in [0.3, 0.4) is 0 Å². The molecule has 0 unspecified atom stereocenters. The van der Waals surface area contributed by atoms with E-state index in [0.29, 0.717) is 0 Å². The van der Waals surface area contributed by atoms with Gasteiger partial charge in [-0.05, 0) is 26.0 Å². The van der Waals surface area contributed by atoms with Gasteiger partial charge in [0.1, 0.15) is 17.3 Å². The number of nitriles is 1. The van der Waals surface area contributed by atoms with Crippen LogP contribution >= 0.6 is 0 Å². The van der Waals surface area contributed by atoms with Crippen molar-refractivity contribution in [1.82, 2.24) is 0 Å². The molecule has 1 aromatic carbocycles. The largest absolute Gasteiger partial charge is 0.481 e. The van der Waals surface area contributed by atoms with Crippen molar-refractivity contribution in [3.8, 4) is 6.07 Å². The summed E-state index contributed by atoms with van der Waals surface area (Å²) in [7, 11) is 0. The third-order valence-corrected chi connectivity index (χ3v) is 2.41. The minimum atomic E-state index is -1.02. The maximum absolute atomic E-state index is 11.0. The third-order valence-electron chi connectivity index (χ3n) is 2.41. The summed E-state index contributed by atoms with van der Waals surface area (Å²) in [6.45, 7) is 3.23. The van der Waals surface area contributed by atoms with Gasteiger partial charge < -0.3 is 10.4 Å². The Hall–Kier alpha value is -2.62. The lowest BCUT2D eigenvalue weighted by Gasteiger charge is -2.25. The van der Waals surface area contributed by atoms with E-state index < -0.39 is 16.4 Å². The molecule has 2 N–H and O–H groups in total. The summed E-state index contributed by atoms with van der Waals surface area (Å²) in [5, 5.41) is 31.4. The quantitative estimate of drug-likeness (QED) is 0.620. The van der Waals surface area contributed by atoms with Crippen molar-refractivity contribution in [2.75, 3.05) is 5.32 Å². The van der Waals surface area contributed by atoms with Gasteiger partial charge in [0.2, 0.25) is 0 Å². The molecule has 0 aliphatic heterocycles. The Kier molecular flexibility index (Phi) is 4.07. The molecule has 0 saturated heterocycles. The highest BCUT2D eigenvalue weighted by Gasteiger charge is 2.27. The first-order valence-electron chi connectivity index (χ1n) is 5.44. The number of hydrogen-bond acceptors (Lipinski definition) is 5. The van der Waals surface area contributed by atoms with Crippen LogP contribution in [0.4, 0.5) is 11.4 Å². The van der Waals surface area contributed by atoms with Crippen molar-refractivity contribution in [1.29, 1.82) is 5.26 Å². The number of carbonyl (C=O) groups is 1. The number of rotatable bonds is 5.